The van der Waals surface area contributed by atoms with Crippen LogP contribution in [0, 0.1) is 6.92 Å². The van der Waals surface area contributed by atoms with Crippen LogP contribution in [0.5, 0.6) is 0 Å². The minimum atomic E-state index is -0.0604. The lowest BCUT2D eigenvalue weighted by molar-refractivity contribution is 0.0988. The number of Topliss-reactive ketones (excluding diaryl/α,β-unsaturated/α-hetero) is 1. The molecule has 0 unspecified atom stereocenters. The molecule has 0 aliphatic rings. The van der Waals surface area contributed by atoms with Gasteiger partial charge in [-0.15, -0.1) is 0 Å². The minimum absolute atomic E-state index is 0.0604. The van der Waals surface area contributed by atoms with Gasteiger partial charge in [0.1, 0.15) is 17.8 Å². The number of hydrogen-bond donors (Lipinski definition) is 1. The van der Waals surface area contributed by atoms with Gasteiger partial charge < -0.3 is 9.40 Å². The third-order valence-corrected chi connectivity index (χ3v) is 4.21. The lowest BCUT2D eigenvalue weighted by Gasteiger charge is -2.02. The second-order valence-corrected chi connectivity index (χ2v) is 6.19. The number of aryl methyl sites for hydroxylation is 1. The van der Waals surface area contributed by atoms with Gasteiger partial charge in [0.2, 0.25) is 0 Å². The van der Waals surface area contributed by atoms with Gasteiger partial charge in [0.15, 0.2) is 12.2 Å². The lowest BCUT2D eigenvalue weighted by atomic mass is 10.0. The van der Waals surface area contributed by atoms with Crippen LogP contribution in [0.1, 0.15) is 21.6 Å². The number of benzene rings is 2. The van der Waals surface area contributed by atoms with Crippen LogP contribution in [0.4, 0.5) is 0 Å². The van der Waals surface area contributed by atoms with E-state index >= 15 is 0 Å². The summed E-state index contributed by atoms with van der Waals surface area (Å²) in [6, 6.07) is 16.1. The van der Waals surface area contributed by atoms with Gasteiger partial charge in [0.05, 0.1) is 11.9 Å². The predicted molar refractivity (Wildman–Crippen MR) is 98.7 cm³/mol. The summed E-state index contributed by atoms with van der Waals surface area (Å²) in [5.74, 6) is 0.781. The van der Waals surface area contributed by atoms with Gasteiger partial charge in [-0.2, -0.15) is 0 Å². The molecule has 5 nitrogen and oxygen atoms in total. The van der Waals surface area contributed by atoms with Crippen LogP contribution < -0.4 is 0 Å². The molecular weight excluding hydrogens is 326 g/mol. The van der Waals surface area contributed by atoms with E-state index in [2.05, 4.69) is 34.0 Å². The van der Waals surface area contributed by atoms with Crippen molar-refractivity contribution in [3.8, 4) is 22.6 Å². The van der Waals surface area contributed by atoms with E-state index in [-0.39, 0.29) is 5.78 Å². The van der Waals surface area contributed by atoms with Crippen LogP contribution in [-0.2, 0) is 6.42 Å². The summed E-state index contributed by atoms with van der Waals surface area (Å²) < 4.78 is 4.85. The molecule has 0 radical (unpaired) electrons. The minimum Gasteiger partial charge on any atom is -0.451 e. The topological polar surface area (TPSA) is 71.8 Å². The zero-order valence-corrected chi connectivity index (χ0v) is 14.3. The Balaban J connectivity index is 1.51. The van der Waals surface area contributed by atoms with Crippen LogP contribution in [0.25, 0.3) is 22.6 Å². The first-order valence-electron chi connectivity index (χ1n) is 8.32. The molecule has 0 atom stereocenters. The Morgan fingerprint density at radius 3 is 2.65 bits per heavy atom. The highest BCUT2D eigenvalue weighted by Crippen LogP contribution is 2.23. The Bertz CT molecular complexity index is 1030. The molecule has 1 N–H and O–H groups in total. The number of nitrogens with zero attached hydrogens (tertiary/aromatic N) is 2. The van der Waals surface area contributed by atoms with Gasteiger partial charge in [0.25, 0.3) is 0 Å². The van der Waals surface area contributed by atoms with Crippen molar-refractivity contribution in [2.75, 3.05) is 0 Å². The summed E-state index contributed by atoms with van der Waals surface area (Å²) in [4.78, 5) is 23.8. The molecule has 0 aliphatic carbocycles. The SMILES string of the molecule is Cc1cccc(-c2ncc(-c3ccc(CC(=O)c4cocn4)cc3)[nH]2)c1. The Morgan fingerprint density at radius 2 is 1.92 bits per heavy atom. The number of carbonyl (C=O) groups excluding carboxylic acids is 1. The Kier molecular flexibility index (Phi) is 4.19. The molecule has 0 spiro atoms. The highest BCUT2D eigenvalue weighted by molar-refractivity contribution is 5.95. The summed E-state index contributed by atoms with van der Waals surface area (Å²) in [6.07, 6.45) is 4.76. The molecule has 2 aromatic heterocycles. The second-order valence-electron chi connectivity index (χ2n) is 6.19. The normalized spacial score (nSPS) is 10.8. The maximum absolute atomic E-state index is 12.1. The fourth-order valence-corrected chi connectivity index (χ4v) is 2.84. The van der Waals surface area contributed by atoms with Crippen LogP contribution in [0.2, 0.25) is 0 Å². The van der Waals surface area contributed by atoms with E-state index in [0.717, 1.165) is 28.2 Å². The van der Waals surface area contributed by atoms with Crippen LogP contribution in [0.3, 0.4) is 0 Å². The van der Waals surface area contributed by atoms with E-state index in [9.17, 15) is 4.79 Å². The molecule has 4 rings (SSSR count). The van der Waals surface area contributed by atoms with Gasteiger partial charge in [-0.3, -0.25) is 4.79 Å². The Hall–Kier alpha value is -3.47. The van der Waals surface area contributed by atoms with Gasteiger partial charge in [0, 0.05) is 12.0 Å². The molecule has 0 bridgehead atoms. The fraction of sp³-hybridized carbons (Fsp3) is 0.0952. The molecule has 128 valence electrons. The zero-order valence-electron chi connectivity index (χ0n) is 14.3. The van der Waals surface area contributed by atoms with Gasteiger partial charge in [-0.25, -0.2) is 9.97 Å². The van der Waals surface area contributed by atoms with Gasteiger partial charge in [-0.05, 0) is 24.1 Å². The summed E-state index contributed by atoms with van der Waals surface area (Å²) in [6.45, 7) is 2.06. The molecule has 0 amide bonds. The second kappa shape index (κ2) is 6.80. The molecule has 2 aromatic carbocycles. The highest BCUT2D eigenvalue weighted by atomic mass is 16.3. The van der Waals surface area contributed by atoms with Crippen molar-refractivity contribution in [3.63, 3.8) is 0 Å². The summed E-state index contributed by atoms with van der Waals surface area (Å²) >= 11 is 0. The number of aromatic nitrogens is 3. The molecule has 0 fully saturated rings. The zero-order chi connectivity index (χ0) is 17.9. The summed E-state index contributed by atoms with van der Waals surface area (Å²) in [7, 11) is 0. The quantitative estimate of drug-likeness (QED) is 0.543. The Morgan fingerprint density at radius 1 is 1.08 bits per heavy atom. The van der Waals surface area contributed by atoms with E-state index in [1.807, 2.05) is 42.6 Å². The van der Waals surface area contributed by atoms with Gasteiger partial charge in [-0.1, -0.05) is 48.0 Å². The molecule has 26 heavy (non-hydrogen) atoms. The molecular formula is C21H17N3O2. The molecule has 0 aliphatic heterocycles. The number of rotatable bonds is 5. The average Bonchev–Trinajstić information content (AvgIpc) is 3.35. The Labute approximate surface area is 150 Å². The van der Waals surface area contributed by atoms with E-state index in [1.54, 1.807) is 0 Å². The monoisotopic (exact) mass is 343 g/mol. The van der Waals surface area contributed by atoms with Crippen molar-refractivity contribution in [2.45, 2.75) is 13.3 Å². The van der Waals surface area contributed by atoms with Crippen molar-refractivity contribution in [1.29, 1.82) is 0 Å². The van der Waals surface area contributed by atoms with E-state index in [0.29, 0.717) is 12.1 Å². The highest BCUT2D eigenvalue weighted by Gasteiger charge is 2.11. The molecule has 4 aromatic rings. The summed E-state index contributed by atoms with van der Waals surface area (Å²) in [5.41, 5.74) is 5.50. The number of hydrogen-bond acceptors (Lipinski definition) is 4. The number of oxazole rings is 1. The third kappa shape index (κ3) is 3.32. The number of aromatic amines is 1. The van der Waals surface area contributed by atoms with Gasteiger partial charge >= 0.3 is 0 Å². The molecule has 5 heteroatoms. The van der Waals surface area contributed by atoms with E-state index in [1.165, 1.54) is 18.2 Å². The maximum atomic E-state index is 12.1. The standard InChI is InChI=1S/C21H17N3O2/c1-14-3-2-4-17(9-14)21-22-11-18(24-21)16-7-5-15(6-8-16)10-20(25)19-12-26-13-23-19/h2-9,11-13H,10H2,1H3,(H,22,24). The number of ketones is 1. The number of nitrogens with one attached hydrogen (secondary N) is 1. The first kappa shape index (κ1) is 16.0. The fourth-order valence-electron chi connectivity index (χ4n) is 2.84. The third-order valence-electron chi connectivity index (χ3n) is 4.21. The predicted octanol–water partition coefficient (Wildman–Crippen LogP) is 4.47. The number of carbonyl (C=O) groups is 1. The first-order valence-corrected chi connectivity index (χ1v) is 8.32. The van der Waals surface area contributed by atoms with Crippen molar-refractivity contribution in [2.24, 2.45) is 0 Å². The van der Waals surface area contributed by atoms with Crippen LogP contribution >= 0.6 is 0 Å². The number of imidazole rings is 1. The molecule has 0 saturated carbocycles. The molecule has 2 heterocycles. The van der Waals surface area contributed by atoms with Crippen LogP contribution in [0.15, 0.2) is 71.8 Å². The lowest BCUT2D eigenvalue weighted by Crippen LogP contribution is -2.03. The van der Waals surface area contributed by atoms with Crippen molar-refractivity contribution in [3.05, 3.63) is 84.2 Å². The van der Waals surface area contributed by atoms with Crippen molar-refractivity contribution >= 4 is 5.78 Å². The van der Waals surface area contributed by atoms with E-state index in [4.69, 9.17) is 4.42 Å². The average molecular weight is 343 g/mol. The number of H-pyrrole nitrogens is 1. The molecule has 0 saturated heterocycles. The van der Waals surface area contributed by atoms with Crippen molar-refractivity contribution in [1.82, 2.24) is 15.0 Å². The van der Waals surface area contributed by atoms with Crippen molar-refractivity contribution < 1.29 is 9.21 Å². The smallest absolute Gasteiger partial charge is 0.188 e. The first-order chi connectivity index (χ1) is 12.7. The summed E-state index contributed by atoms with van der Waals surface area (Å²) in [5, 5.41) is 0. The largest absolute Gasteiger partial charge is 0.451 e. The van der Waals surface area contributed by atoms with E-state index < -0.39 is 0 Å². The maximum Gasteiger partial charge on any atom is 0.188 e. The van der Waals surface area contributed by atoms with Crippen LogP contribution in [-0.4, -0.2) is 20.7 Å².